The summed E-state index contributed by atoms with van der Waals surface area (Å²) in [4.78, 5) is 3.93. The molecule has 0 fully saturated rings. The number of aromatic nitrogens is 3. The van der Waals surface area contributed by atoms with Crippen LogP contribution in [-0.2, 0) is 6.18 Å². The molecule has 5 nitrogen and oxygen atoms in total. The summed E-state index contributed by atoms with van der Waals surface area (Å²) in [6.45, 7) is 0. The SMILES string of the molecule is Fc1ccc(Nc2cnnc(Nc3ccc(C(F)(F)F)cc3)n2)c(F)c1F. The number of rotatable bonds is 4. The van der Waals surface area contributed by atoms with Crippen LogP contribution in [0, 0.1) is 17.5 Å². The van der Waals surface area contributed by atoms with Crippen molar-refractivity contribution in [1.82, 2.24) is 15.2 Å². The van der Waals surface area contributed by atoms with E-state index in [1.54, 1.807) is 0 Å². The van der Waals surface area contributed by atoms with E-state index in [0.717, 1.165) is 30.5 Å². The van der Waals surface area contributed by atoms with Gasteiger partial charge in [-0.15, -0.1) is 5.10 Å². The lowest BCUT2D eigenvalue weighted by Crippen LogP contribution is -2.06. The van der Waals surface area contributed by atoms with E-state index in [2.05, 4.69) is 25.8 Å². The molecule has 2 aromatic carbocycles. The number of anilines is 4. The summed E-state index contributed by atoms with van der Waals surface area (Å²) >= 11 is 0. The lowest BCUT2D eigenvalue weighted by atomic mass is 10.2. The smallest absolute Gasteiger partial charge is 0.336 e. The maximum absolute atomic E-state index is 13.7. The van der Waals surface area contributed by atoms with E-state index >= 15 is 0 Å². The first-order chi connectivity index (χ1) is 12.7. The van der Waals surface area contributed by atoms with Gasteiger partial charge in [-0.05, 0) is 36.4 Å². The van der Waals surface area contributed by atoms with Crippen molar-refractivity contribution in [3.63, 3.8) is 0 Å². The van der Waals surface area contributed by atoms with Gasteiger partial charge >= 0.3 is 6.18 Å². The number of hydrogen-bond acceptors (Lipinski definition) is 5. The Morgan fingerprint density at radius 3 is 2.19 bits per heavy atom. The Morgan fingerprint density at radius 2 is 1.52 bits per heavy atom. The Morgan fingerprint density at radius 1 is 0.815 bits per heavy atom. The summed E-state index contributed by atoms with van der Waals surface area (Å²) in [5.41, 5.74) is -0.952. The van der Waals surface area contributed by atoms with Gasteiger partial charge in [0.15, 0.2) is 23.3 Å². The minimum atomic E-state index is -4.46. The predicted molar refractivity (Wildman–Crippen MR) is 84.2 cm³/mol. The normalized spacial score (nSPS) is 11.3. The first-order valence-electron chi connectivity index (χ1n) is 7.28. The molecule has 0 bridgehead atoms. The van der Waals surface area contributed by atoms with E-state index in [0.29, 0.717) is 0 Å². The van der Waals surface area contributed by atoms with Gasteiger partial charge in [0.05, 0.1) is 17.4 Å². The van der Waals surface area contributed by atoms with Gasteiger partial charge in [0.25, 0.3) is 0 Å². The molecule has 0 spiro atoms. The molecule has 0 saturated carbocycles. The third-order valence-corrected chi connectivity index (χ3v) is 3.33. The van der Waals surface area contributed by atoms with Gasteiger partial charge in [-0.3, -0.25) is 0 Å². The van der Waals surface area contributed by atoms with Crippen LogP contribution in [0.1, 0.15) is 5.56 Å². The highest BCUT2D eigenvalue weighted by Gasteiger charge is 2.29. The fraction of sp³-hybridized carbons (Fsp3) is 0.0625. The van der Waals surface area contributed by atoms with Gasteiger partial charge < -0.3 is 10.6 Å². The van der Waals surface area contributed by atoms with Gasteiger partial charge in [-0.2, -0.15) is 23.3 Å². The number of hydrogen-bond donors (Lipinski definition) is 2. The Kier molecular flexibility index (Phi) is 4.84. The van der Waals surface area contributed by atoms with E-state index in [1.165, 1.54) is 12.1 Å². The van der Waals surface area contributed by atoms with Gasteiger partial charge in [0, 0.05) is 5.69 Å². The summed E-state index contributed by atoms with van der Waals surface area (Å²) in [6, 6.07) is 5.78. The molecule has 27 heavy (non-hydrogen) atoms. The molecule has 0 radical (unpaired) electrons. The first kappa shape index (κ1) is 18.4. The molecule has 0 unspecified atom stereocenters. The van der Waals surface area contributed by atoms with Crippen LogP contribution >= 0.6 is 0 Å². The minimum absolute atomic E-state index is 0.0516. The summed E-state index contributed by atoms with van der Waals surface area (Å²) in [6.07, 6.45) is -3.37. The van der Waals surface area contributed by atoms with Crippen molar-refractivity contribution in [3.8, 4) is 0 Å². The van der Waals surface area contributed by atoms with Crippen molar-refractivity contribution in [2.75, 3.05) is 10.6 Å². The van der Waals surface area contributed by atoms with Crippen molar-refractivity contribution in [2.24, 2.45) is 0 Å². The molecule has 2 N–H and O–H groups in total. The summed E-state index contributed by atoms with van der Waals surface area (Å²) < 4.78 is 77.5. The number of alkyl halides is 3. The van der Waals surface area contributed by atoms with E-state index in [-0.39, 0.29) is 23.1 Å². The van der Waals surface area contributed by atoms with Gasteiger partial charge in [0.1, 0.15) is 0 Å². The van der Waals surface area contributed by atoms with Gasteiger partial charge in [-0.25, -0.2) is 13.2 Å². The van der Waals surface area contributed by atoms with Gasteiger partial charge in [0.2, 0.25) is 5.95 Å². The predicted octanol–water partition coefficient (Wildman–Crippen LogP) is 4.79. The zero-order valence-corrected chi connectivity index (χ0v) is 13.2. The van der Waals surface area contributed by atoms with Gasteiger partial charge in [-0.1, -0.05) is 0 Å². The third-order valence-electron chi connectivity index (χ3n) is 3.33. The Balaban J connectivity index is 1.77. The van der Waals surface area contributed by atoms with Crippen LogP contribution in [0.5, 0.6) is 0 Å². The van der Waals surface area contributed by atoms with Crippen molar-refractivity contribution < 1.29 is 26.3 Å². The lowest BCUT2D eigenvalue weighted by molar-refractivity contribution is -0.137. The minimum Gasteiger partial charge on any atom is -0.336 e. The zero-order valence-electron chi connectivity index (χ0n) is 13.2. The second-order valence-corrected chi connectivity index (χ2v) is 5.21. The molecule has 0 atom stereocenters. The maximum atomic E-state index is 13.7. The summed E-state index contributed by atoms with van der Waals surface area (Å²) in [5, 5.41) is 12.3. The van der Waals surface area contributed by atoms with Crippen molar-refractivity contribution >= 4 is 23.1 Å². The molecule has 0 aliphatic rings. The molecular formula is C16H9F6N5. The Labute approximate surface area is 148 Å². The highest BCUT2D eigenvalue weighted by atomic mass is 19.4. The largest absolute Gasteiger partial charge is 0.416 e. The Bertz CT molecular complexity index is 959. The van der Waals surface area contributed by atoms with Crippen LogP contribution in [0.3, 0.4) is 0 Å². The first-order valence-corrected chi connectivity index (χ1v) is 7.28. The number of halogens is 6. The van der Waals surface area contributed by atoms with E-state index in [4.69, 9.17) is 0 Å². The molecule has 0 amide bonds. The second-order valence-electron chi connectivity index (χ2n) is 5.21. The third kappa shape index (κ3) is 4.25. The van der Waals surface area contributed by atoms with E-state index in [9.17, 15) is 26.3 Å². The highest BCUT2D eigenvalue weighted by molar-refractivity contribution is 5.59. The molecule has 0 aliphatic heterocycles. The van der Waals surface area contributed by atoms with Crippen LogP contribution in [0.2, 0.25) is 0 Å². The van der Waals surface area contributed by atoms with Crippen LogP contribution in [-0.4, -0.2) is 15.2 Å². The number of nitrogens with zero attached hydrogens (tertiary/aromatic N) is 3. The molecule has 140 valence electrons. The van der Waals surface area contributed by atoms with Crippen molar-refractivity contribution in [3.05, 3.63) is 65.6 Å². The molecule has 0 saturated heterocycles. The average Bonchev–Trinajstić information content (AvgIpc) is 2.62. The van der Waals surface area contributed by atoms with Crippen LogP contribution in [0.25, 0.3) is 0 Å². The average molecular weight is 385 g/mol. The number of nitrogens with one attached hydrogen (secondary N) is 2. The maximum Gasteiger partial charge on any atom is 0.416 e. The van der Waals surface area contributed by atoms with Crippen molar-refractivity contribution in [2.45, 2.75) is 6.18 Å². The van der Waals surface area contributed by atoms with Crippen molar-refractivity contribution in [1.29, 1.82) is 0 Å². The topological polar surface area (TPSA) is 62.7 Å². The molecule has 3 aromatic rings. The fourth-order valence-electron chi connectivity index (χ4n) is 2.05. The zero-order chi connectivity index (χ0) is 19.6. The van der Waals surface area contributed by atoms with Crippen LogP contribution in [0.4, 0.5) is 49.5 Å². The quantitative estimate of drug-likeness (QED) is 0.499. The fourth-order valence-corrected chi connectivity index (χ4v) is 2.05. The molecule has 11 heteroatoms. The molecule has 0 aliphatic carbocycles. The van der Waals surface area contributed by atoms with Crippen LogP contribution in [0.15, 0.2) is 42.6 Å². The second kappa shape index (κ2) is 7.09. The van der Waals surface area contributed by atoms with E-state index < -0.39 is 29.2 Å². The lowest BCUT2D eigenvalue weighted by Gasteiger charge is -2.10. The molecule has 1 heterocycles. The molecule has 1 aromatic heterocycles. The molecular weight excluding hydrogens is 376 g/mol. The number of benzene rings is 2. The highest BCUT2D eigenvalue weighted by Crippen LogP contribution is 2.30. The van der Waals surface area contributed by atoms with E-state index in [1.807, 2.05) is 0 Å². The monoisotopic (exact) mass is 385 g/mol. The Hall–Kier alpha value is -3.37. The molecule has 3 rings (SSSR count). The summed E-state index contributed by atoms with van der Waals surface area (Å²) in [5.74, 6) is -4.59. The van der Waals surface area contributed by atoms with Crippen LogP contribution < -0.4 is 10.6 Å². The standard InChI is InChI=1S/C16H9F6N5/c17-10-5-6-11(14(19)13(10)18)25-12-7-23-27-15(26-12)24-9-3-1-8(2-4-9)16(20,21)22/h1-7H,(H2,24,25,26,27). The summed E-state index contributed by atoms with van der Waals surface area (Å²) in [7, 11) is 0.